The summed E-state index contributed by atoms with van der Waals surface area (Å²) in [4.78, 5) is 0. The van der Waals surface area contributed by atoms with Crippen molar-refractivity contribution in [3.63, 3.8) is 0 Å². The van der Waals surface area contributed by atoms with Crippen LogP contribution in [0.1, 0.15) is 0 Å². The van der Waals surface area contributed by atoms with Gasteiger partial charge in [-0.2, -0.15) is 0 Å². The molecule has 0 saturated heterocycles. The summed E-state index contributed by atoms with van der Waals surface area (Å²) >= 11 is 0. The van der Waals surface area contributed by atoms with Gasteiger partial charge in [-0.3, -0.25) is 0 Å². The van der Waals surface area contributed by atoms with Gasteiger partial charge < -0.3 is 5.73 Å². The van der Waals surface area contributed by atoms with Gasteiger partial charge in [-0.15, -0.1) is 0 Å². The molecule has 0 aromatic heterocycles. The third-order valence-electron chi connectivity index (χ3n) is 3.86. The number of halogens is 1. The highest BCUT2D eigenvalue weighted by Crippen LogP contribution is 2.35. The van der Waals surface area contributed by atoms with Crippen LogP contribution in [0.5, 0.6) is 0 Å². The Morgan fingerprint density at radius 2 is 1.10 bits per heavy atom. The van der Waals surface area contributed by atoms with Gasteiger partial charge >= 0.3 is 0 Å². The van der Waals surface area contributed by atoms with Crippen molar-refractivity contribution in [3.8, 4) is 0 Å². The molecule has 1 nitrogen and oxygen atoms in total. The maximum atomic E-state index is 14.3. The minimum absolute atomic E-state index is 0.192. The fraction of sp³-hybridized carbons (Fsp3) is 0. The fourth-order valence-electron chi connectivity index (χ4n) is 2.93. The molecule has 20 heavy (non-hydrogen) atoms. The summed E-state index contributed by atoms with van der Waals surface area (Å²) in [6.07, 6.45) is 0. The first kappa shape index (κ1) is 11.2. The Morgan fingerprint density at radius 1 is 0.600 bits per heavy atom. The second-order valence-corrected chi connectivity index (χ2v) is 5.01. The average molecular weight is 261 g/mol. The standard InChI is InChI=1S/C18H12FN/c19-17-9-15-12-6-2-4-8-14(12)18(20)10-16(15)11-5-1-3-7-13(11)17/h1-10H,20H2. The van der Waals surface area contributed by atoms with Crippen molar-refractivity contribution in [2.45, 2.75) is 0 Å². The highest BCUT2D eigenvalue weighted by atomic mass is 19.1. The van der Waals surface area contributed by atoms with Crippen LogP contribution in [0, 0.1) is 5.82 Å². The predicted octanol–water partition coefficient (Wildman–Crippen LogP) is 4.87. The van der Waals surface area contributed by atoms with Gasteiger partial charge in [0.1, 0.15) is 5.82 Å². The molecule has 0 spiro atoms. The summed E-state index contributed by atoms with van der Waals surface area (Å²) in [7, 11) is 0. The number of anilines is 1. The number of fused-ring (bicyclic) bond motifs is 5. The van der Waals surface area contributed by atoms with Gasteiger partial charge in [-0.05, 0) is 33.7 Å². The topological polar surface area (TPSA) is 26.0 Å². The molecular formula is C18H12FN. The summed E-state index contributed by atoms with van der Waals surface area (Å²) in [6.45, 7) is 0. The van der Waals surface area contributed by atoms with Crippen LogP contribution in [-0.2, 0) is 0 Å². The smallest absolute Gasteiger partial charge is 0.131 e. The molecule has 0 aliphatic carbocycles. The Kier molecular flexibility index (Phi) is 2.21. The van der Waals surface area contributed by atoms with Crippen molar-refractivity contribution in [1.29, 1.82) is 0 Å². The van der Waals surface area contributed by atoms with Crippen molar-refractivity contribution in [2.24, 2.45) is 0 Å². The van der Waals surface area contributed by atoms with Crippen molar-refractivity contribution in [2.75, 3.05) is 5.73 Å². The van der Waals surface area contributed by atoms with E-state index in [0.29, 0.717) is 5.39 Å². The van der Waals surface area contributed by atoms with Crippen LogP contribution < -0.4 is 5.73 Å². The molecule has 4 aromatic carbocycles. The van der Waals surface area contributed by atoms with E-state index in [4.69, 9.17) is 5.73 Å². The predicted molar refractivity (Wildman–Crippen MR) is 83.3 cm³/mol. The molecule has 0 heterocycles. The Morgan fingerprint density at radius 3 is 1.80 bits per heavy atom. The van der Waals surface area contributed by atoms with Crippen LogP contribution in [0.3, 0.4) is 0 Å². The van der Waals surface area contributed by atoms with Gasteiger partial charge in [-0.25, -0.2) is 4.39 Å². The molecule has 4 rings (SSSR count). The van der Waals surface area contributed by atoms with E-state index in [9.17, 15) is 4.39 Å². The zero-order chi connectivity index (χ0) is 13.7. The lowest BCUT2D eigenvalue weighted by atomic mass is 9.96. The Bertz CT molecular complexity index is 892. The number of nitrogens with two attached hydrogens (primary N) is 1. The molecule has 4 aromatic rings. The third-order valence-corrected chi connectivity index (χ3v) is 3.86. The third kappa shape index (κ3) is 1.42. The minimum Gasteiger partial charge on any atom is -0.398 e. The minimum atomic E-state index is -0.192. The lowest BCUT2D eigenvalue weighted by Gasteiger charge is -2.10. The van der Waals surface area contributed by atoms with Crippen LogP contribution in [-0.4, -0.2) is 0 Å². The summed E-state index contributed by atoms with van der Waals surface area (Å²) < 4.78 is 14.3. The molecule has 0 aliphatic heterocycles. The van der Waals surface area contributed by atoms with Gasteiger partial charge in [0.15, 0.2) is 0 Å². The van der Waals surface area contributed by atoms with Gasteiger partial charge in [0.05, 0.1) is 0 Å². The second kappa shape index (κ2) is 3.94. The molecule has 2 N–H and O–H groups in total. The SMILES string of the molecule is Nc1cc2c3ccccc3c(F)cc2c2ccccc12. The van der Waals surface area contributed by atoms with Crippen LogP contribution in [0.2, 0.25) is 0 Å². The highest BCUT2D eigenvalue weighted by molar-refractivity contribution is 6.20. The molecule has 0 fully saturated rings. The first-order valence-corrected chi connectivity index (χ1v) is 6.54. The molecule has 0 atom stereocenters. The quantitative estimate of drug-likeness (QED) is 0.355. The Labute approximate surface area is 115 Å². The zero-order valence-electron chi connectivity index (χ0n) is 10.7. The lowest BCUT2D eigenvalue weighted by Crippen LogP contribution is -1.90. The van der Waals surface area contributed by atoms with Crippen LogP contribution in [0.15, 0.2) is 60.7 Å². The van der Waals surface area contributed by atoms with E-state index in [2.05, 4.69) is 0 Å². The number of benzene rings is 4. The summed E-state index contributed by atoms with van der Waals surface area (Å²) in [5.74, 6) is -0.192. The lowest BCUT2D eigenvalue weighted by molar-refractivity contribution is 0.641. The fourth-order valence-corrected chi connectivity index (χ4v) is 2.93. The number of rotatable bonds is 0. The first-order chi connectivity index (χ1) is 9.75. The van der Waals surface area contributed by atoms with Gasteiger partial charge in [0.2, 0.25) is 0 Å². The van der Waals surface area contributed by atoms with Gasteiger partial charge in [0.25, 0.3) is 0 Å². The highest BCUT2D eigenvalue weighted by Gasteiger charge is 2.10. The molecule has 96 valence electrons. The van der Waals surface area contributed by atoms with Crippen LogP contribution >= 0.6 is 0 Å². The number of hydrogen-bond acceptors (Lipinski definition) is 1. The van der Waals surface area contributed by atoms with E-state index < -0.39 is 0 Å². The molecule has 0 aliphatic rings. The molecule has 0 unspecified atom stereocenters. The van der Waals surface area contributed by atoms with Crippen LogP contribution in [0.4, 0.5) is 10.1 Å². The van der Waals surface area contributed by atoms with E-state index in [1.807, 2.05) is 48.5 Å². The summed E-state index contributed by atoms with van der Waals surface area (Å²) in [5.41, 5.74) is 6.88. The molecule has 0 saturated carbocycles. The summed E-state index contributed by atoms with van der Waals surface area (Å²) in [5, 5.41) is 5.40. The molecule has 0 radical (unpaired) electrons. The average Bonchev–Trinajstić information content (AvgIpc) is 2.49. The zero-order valence-corrected chi connectivity index (χ0v) is 10.7. The van der Waals surface area contributed by atoms with Crippen molar-refractivity contribution >= 4 is 38.0 Å². The number of nitrogen functional groups attached to an aromatic ring is 1. The maximum Gasteiger partial charge on any atom is 0.131 e. The largest absolute Gasteiger partial charge is 0.398 e. The van der Waals surface area contributed by atoms with E-state index in [0.717, 1.165) is 32.6 Å². The molecule has 2 heteroatoms. The van der Waals surface area contributed by atoms with Gasteiger partial charge in [-0.1, -0.05) is 48.5 Å². The van der Waals surface area contributed by atoms with E-state index in [-0.39, 0.29) is 5.82 Å². The second-order valence-electron chi connectivity index (χ2n) is 5.01. The van der Waals surface area contributed by atoms with Crippen molar-refractivity contribution in [3.05, 3.63) is 66.5 Å². The molecule has 0 bridgehead atoms. The van der Waals surface area contributed by atoms with Gasteiger partial charge in [0, 0.05) is 16.5 Å². The monoisotopic (exact) mass is 261 g/mol. The number of hydrogen-bond donors (Lipinski definition) is 1. The Balaban J connectivity index is 2.36. The molecular weight excluding hydrogens is 249 g/mol. The first-order valence-electron chi connectivity index (χ1n) is 6.54. The summed E-state index contributed by atoms with van der Waals surface area (Å²) in [6, 6.07) is 18.9. The van der Waals surface area contributed by atoms with E-state index in [1.165, 1.54) is 0 Å². The van der Waals surface area contributed by atoms with Crippen LogP contribution in [0.25, 0.3) is 32.3 Å². The molecule has 0 amide bonds. The van der Waals surface area contributed by atoms with Crippen molar-refractivity contribution in [1.82, 2.24) is 0 Å². The Hall–Kier alpha value is -2.61. The van der Waals surface area contributed by atoms with Crippen molar-refractivity contribution < 1.29 is 4.39 Å². The van der Waals surface area contributed by atoms with E-state index in [1.54, 1.807) is 12.1 Å². The normalized spacial score (nSPS) is 11.4. The van der Waals surface area contributed by atoms with E-state index >= 15 is 0 Å². The maximum absolute atomic E-state index is 14.3.